The monoisotopic (exact) mass is 328 g/mol. The van der Waals surface area contributed by atoms with E-state index >= 15 is 0 Å². The molecule has 7 heteroatoms. The molecule has 1 aromatic rings. The van der Waals surface area contributed by atoms with E-state index in [2.05, 4.69) is 0 Å². The molecule has 0 spiro atoms. The number of carbonyl (C=O) groups is 2. The van der Waals surface area contributed by atoms with Crippen LogP contribution in [0, 0.1) is 34.4 Å². The van der Waals surface area contributed by atoms with Gasteiger partial charge in [0.15, 0.2) is 0 Å². The lowest BCUT2D eigenvalue weighted by atomic mass is 9.94. The molecule has 6 nitrogen and oxygen atoms in total. The standard InChI is InChI=1S/C17H17FN4O2/c18-15-3-1-2-14(12-15)17(24)21-8-4-13(5-9-21)16(23)22(10-6-19)11-7-20/h1-3,12-13H,4-5,8-11H2. The highest BCUT2D eigenvalue weighted by molar-refractivity contribution is 5.94. The topological polar surface area (TPSA) is 88.2 Å². The van der Waals surface area contributed by atoms with Crippen molar-refractivity contribution in [2.45, 2.75) is 12.8 Å². The van der Waals surface area contributed by atoms with Gasteiger partial charge in [-0.05, 0) is 31.0 Å². The summed E-state index contributed by atoms with van der Waals surface area (Å²) in [6, 6.07) is 9.28. The summed E-state index contributed by atoms with van der Waals surface area (Å²) in [5, 5.41) is 17.5. The molecular formula is C17H17FN4O2. The Kier molecular flexibility index (Phi) is 5.86. The van der Waals surface area contributed by atoms with Crippen molar-refractivity contribution in [3.63, 3.8) is 0 Å². The summed E-state index contributed by atoms with van der Waals surface area (Å²) < 4.78 is 13.2. The molecule has 124 valence electrons. The molecule has 0 atom stereocenters. The number of amides is 2. The summed E-state index contributed by atoms with van der Waals surface area (Å²) in [6.07, 6.45) is 0.931. The predicted molar refractivity (Wildman–Crippen MR) is 82.8 cm³/mol. The first-order chi connectivity index (χ1) is 11.6. The van der Waals surface area contributed by atoms with Gasteiger partial charge in [-0.15, -0.1) is 0 Å². The number of nitriles is 2. The Morgan fingerprint density at radius 2 is 1.83 bits per heavy atom. The second-order valence-corrected chi connectivity index (χ2v) is 5.59. The molecule has 1 heterocycles. The molecule has 1 aliphatic rings. The van der Waals surface area contributed by atoms with Crippen LogP contribution in [0.1, 0.15) is 23.2 Å². The van der Waals surface area contributed by atoms with Crippen LogP contribution in [0.25, 0.3) is 0 Å². The van der Waals surface area contributed by atoms with E-state index in [1.807, 2.05) is 12.1 Å². The fourth-order valence-corrected chi connectivity index (χ4v) is 2.77. The molecule has 0 aromatic heterocycles. The van der Waals surface area contributed by atoms with E-state index < -0.39 is 5.82 Å². The molecule has 0 saturated carbocycles. The average Bonchev–Trinajstić information content (AvgIpc) is 2.60. The molecule has 2 rings (SSSR count). The van der Waals surface area contributed by atoms with Crippen LogP contribution < -0.4 is 0 Å². The van der Waals surface area contributed by atoms with Crippen molar-refractivity contribution >= 4 is 11.8 Å². The van der Waals surface area contributed by atoms with Gasteiger partial charge >= 0.3 is 0 Å². The highest BCUT2D eigenvalue weighted by Crippen LogP contribution is 2.21. The number of rotatable bonds is 4. The Balaban J connectivity index is 1.96. The van der Waals surface area contributed by atoms with Crippen molar-refractivity contribution in [2.24, 2.45) is 5.92 Å². The zero-order valence-corrected chi connectivity index (χ0v) is 13.1. The molecule has 1 aromatic carbocycles. The van der Waals surface area contributed by atoms with Crippen LogP contribution in [-0.4, -0.2) is 47.8 Å². The van der Waals surface area contributed by atoms with Crippen molar-refractivity contribution in [3.8, 4) is 12.1 Å². The number of carbonyl (C=O) groups excluding carboxylic acids is 2. The number of benzene rings is 1. The third-order valence-electron chi connectivity index (χ3n) is 4.04. The zero-order chi connectivity index (χ0) is 17.5. The Bertz CT molecular complexity index is 683. The first kappa shape index (κ1) is 17.4. The van der Waals surface area contributed by atoms with Crippen molar-refractivity contribution < 1.29 is 14.0 Å². The van der Waals surface area contributed by atoms with E-state index in [0.717, 1.165) is 0 Å². The number of likely N-dealkylation sites (tertiary alicyclic amines) is 1. The molecule has 0 aliphatic carbocycles. The number of hydrogen-bond acceptors (Lipinski definition) is 4. The molecule has 0 unspecified atom stereocenters. The Morgan fingerprint density at radius 1 is 1.21 bits per heavy atom. The van der Waals surface area contributed by atoms with E-state index in [1.165, 1.54) is 23.1 Å². The van der Waals surface area contributed by atoms with Gasteiger partial charge in [0.25, 0.3) is 5.91 Å². The molecule has 0 radical (unpaired) electrons. The normalized spacial score (nSPS) is 14.5. The molecule has 1 aliphatic heterocycles. The Hall–Kier alpha value is -2.93. The summed E-state index contributed by atoms with van der Waals surface area (Å²) in [4.78, 5) is 27.5. The van der Waals surface area contributed by atoms with E-state index in [-0.39, 0.29) is 36.4 Å². The van der Waals surface area contributed by atoms with Crippen LogP contribution in [-0.2, 0) is 4.79 Å². The Labute approximate surface area is 139 Å². The number of halogens is 1. The fourth-order valence-electron chi connectivity index (χ4n) is 2.77. The van der Waals surface area contributed by atoms with Gasteiger partial charge < -0.3 is 9.80 Å². The first-order valence-electron chi connectivity index (χ1n) is 7.64. The third kappa shape index (κ3) is 4.08. The van der Waals surface area contributed by atoms with E-state index in [4.69, 9.17) is 10.5 Å². The second-order valence-electron chi connectivity index (χ2n) is 5.59. The summed E-state index contributed by atoms with van der Waals surface area (Å²) in [5.41, 5.74) is 0.287. The SMILES string of the molecule is N#CCN(CC#N)C(=O)C1CCN(C(=O)c2cccc(F)c2)CC1. The highest BCUT2D eigenvalue weighted by atomic mass is 19.1. The van der Waals surface area contributed by atoms with Crippen LogP contribution in [0.3, 0.4) is 0 Å². The largest absolute Gasteiger partial charge is 0.339 e. The summed E-state index contributed by atoms with van der Waals surface area (Å²) in [6.45, 7) is 0.543. The number of nitrogens with zero attached hydrogens (tertiary/aromatic N) is 4. The number of piperidine rings is 1. The number of hydrogen-bond donors (Lipinski definition) is 0. The van der Waals surface area contributed by atoms with Gasteiger partial charge in [0.05, 0.1) is 12.1 Å². The maximum Gasteiger partial charge on any atom is 0.253 e. The van der Waals surface area contributed by atoms with Crippen molar-refractivity contribution in [3.05, 3.63) is 35.6 Å². The lowest BCUT2D eigenvalue weighted by Gasteiger charge is -2.33. The van der Waals surface area contributed by atoms with Crippen LogP contribution in [0.5, 0.6) is 0 Å². The maximum atomic E-state index is 13.2. The molecule has 0 bridgehead atoms. The molecule has 1 fully saturated rings. The van der Waals surface area contributed by atoms with Gasteiger partial charge in [0.1, 0.15) is 18.9 Å². The predicted octanol–water partition coefficient (Wildman–Crippen LogP) is 1.55. The summed E-state index contributed by atoms with van der Waals surface area (Å²) >= 11 is 0. The molecular weight excluding hydrogens is 311 g/mol. The van der Waals surface area contributed by atoms with Crippen LogP contribution >= 0.6 is 0 Å². The Morgan fingerprint density at radius 3 is 2.38 bits per heavy atom. The molecule has 1 saturated heterocycles. The third-order valence-corrected chi connectivity index (χ3v) is 4.04. The van der Waals surface area contributed by atoms with Crippen molar-refractivity contribution in [1.29, 1.82) is 10.5 Å². The van der Waals surface area contributed by atoms with Crippen LogP contribution in [0.4, 0.5) is 4.39 Å². The van der Waals surface area contributed by atoms with Crippen LogP contribution in [0.15, 0.2) is 24.3 Å². The molecule has 2 amide bonds. The minimum absolute atomic E-state index is 0.116. The van der Waals surface area contributed by atoms with E-state index in [9.17, 15) is 14.0 Å². The van der Waals surface area contributed by atoms with Crippen LogP contribution in [0.2, 0.25) is 0 Å². The van der Waals surface area contributed by atoms with Gasteiger partial charge in [-0.25, -0.2) is 4.39 Å². The van der Waals surface area contributed by atoms with Gasteiger partial charge in [-0.2, -0.15) is 10.5 Å². The summed E-state index contributed by atoms with van der Waals surface area (Å²) in [7, 11) is 0. The minimum Gasteiger partial charge on any atom is -0.339 e. The lowest BCUT2D eigenvalue weighted by molar-refractivity contribution is -0.135. The van der Waals surface area contributed by atoms with Crippen molar-refractivity contribution in [1.82, 2.24) is 9.80 Å². The average molecular weight is 328 g/mol. The molecule has 24 heavy (non-hydrogen) atoms. The summed E-state index contributed by atoms with van der Waals surface area (Å²) in [5.74, 6) is -1.25. The quantitative estimate of drug-likeness (QED) is 0.785. The van der Waals surface area contributed by atoms with Gasteiger partial charge in [-0.1, -0.05) is 6.07 Å². The van der Waals surface area contributed by atoms with Gasteiger partial charge in [-0.3, -0.25) is 9.59 Å². The van der Waals surface area contributed by atoms with Gasteiger partial charge in [0, 0.05) is 24.6 Å². The first-order valence-corrected chi connectivity index (χ1v) is 7.64. The minimum atomic E-state index is -0.463. The maximum absolute atomic E-state index is 13.2. The fraction of sp³-hybridized carbons (Fsp3) is 0.412. The highest BCUT2D eigenvalue weighted by Gasteiger charge is 2.30. The van der Waals surface area contributed by atoms with E-state index in [1.54, 1.807) is 11.0 Å². The second kappa shape index (κ2) is 8.07. The molecule has 0 N–H and O–H groups in total. The van der Waals surface area contributed by atoms with Gasteiger partial charge in [0.2, 0.25) is 5.91 Å². The van der Waals surface area contributed by atoms with Crippen molar-refractivity contribution in [2.75, 3.05) is 26.2 Å². The lowest BCUT2D eigenvalue weighted by Crippen LogP contribution is -2.44. The zero-order valence-electron chi connectivity index (χ0n) is 13.1. The van der Waals surface area contributed by atoms with E-state index in [0.29, 0.717) is 25.9 Å². The smallest absolute Gasteiger partial charge is 0.253 e.